The van der Waals surface area contributed by atoms with E-state index < -0.39 is 0 Å². The number of hydrogen-bond acceptors (Lipinski definition) is 4. The Morgan fingerprint density at radius 3 is 2.70 bits per heavy atom. The molecule has 1 aliphatic heterocycles. The molecule has 2 heterocycles. The van der Waals surface area contributed by atoms with Gasteiger partial charge in [0.25, 0.3) is 5.91 Å². The van der Waals surface area contributed by atoms with Gasteiger partial charge in [0, 0.05) is 31.7 Å². The number of benzene rings is 1. The Kier molecular flexibility index (Phi) is 4.18. The lowest BCUT2D eigenvalue weighted by Crippen LogP contribution is -2.37. The van der Waals surface area contributed by atoms with Gasteiger partial charge in [-0.05, 0) is 31.5 Å². The number of aromatic amines is 1. The van der Waals surface area contributed by atoms with Crippen molar-refractivity contribution >= 4 is 23.0 Å². The number of methoxy groups -OCH3 is 1. The zero-order chi connectivity index (χ0) is 16.4. The van der Waals surface area contributed by atoms with Gasteiger partial charge in [0.05, 0.1) is 18.1 Å². The lowest BCUT2D eigenvalue weighted by atomic mass is 10.1. The highest BCUT2D eigenvalue weighted by molar-refractivity contribution is 5.97. The first-order valence-electron chi connectivity index (χ1n) is 7.67. The van der Waals surface area contributed by atoms with Gasteiger partial charge in [-0.3, -0.25) is 4.79 Å². The zero-order valence-electron chi connectivity index (χ0n) is 13.3. The smallest absolute Gasteiger partial charge is 0.409 e. The molecule has 1 N–H and O–H groups in total. The fourth-order valence-corrected chi connectivity index (χ4v) is 2.89. The number of amides is 2. The second kappa shape index (κ2) is 6.28. The molecule has 1 aliphatic rings. The summed E-state index contributed by atoms with van der Waals surface area (Å²) in [6.07, 6.45) is 0.403. The van der Waals surface area contributed by atoms with Crippen molar-refractivity contribution in [3.63, 3.8) is 0 Å². The van der Waals surface area contributed by atoms with Crippen molar-refractivity contribution in [2.24, 2.45) is 0 Å². The molecular weight excluding hydrogens is 296 g/mol. The fraction of sp³-hybridized carbons (Fsp3) is 0.438. The predicted octanol–water partition coefficient (Wildman–Crippen LogP) is 1.79. The van der Waals surface area contributed by atoms with Crippen LogP contribution in [0.3, 0.4) is 0 Å². The zero-order valence-corrected chi connectivity index (χ0v) is 13.3. The van der Waals surface area contributed by atoms with Crippen molar-refractivity contribution in [2.75, 3.05) is 33.3 Å². The number of H-pyrrole nitrogens is 1. The molecule has 0 aliphatic carbocycles. The molecule has 0 bridgehead atoms. The van der Waals surface area contributed by atoms with Crippen molar-refractivity contribution in [3.8, 4) is 0 Å². The Morgan fingerprint density at radius 2 is 1.91 bits per heavy atom. The topological polar surface area (TPSA) is 78.5 Å². The van der Waals surface area contributed by atoms with Crippen LogP contribution in [0.4, 0.5) is 4.79 Å². The second-order valence-electron chi connectivity index (χ2n) is 5.66. The minimum atomic E-state index is -0.339. The van der Waals surface area contributed by atoms with Gasteiger partial charge in [-0.25, -0.2) is 9.78 Å². The molecule has 2 amide bonds. The van der Waals surface area contributed by atoms with Crippen LogP contribution in [-0.2, 0) is 4.74 Å². The summed E-state index contributed by atoms with van der Waals surface area (Å²) in [6, 6.07) is 5.49. The average Bonchev–Trinajstić information content (AvgIpc) is 2.77. The fourth-order valence-electron chi connectivity index (χ4n) is 2.89. The third-order valence-electron chi connectivity index (χ3n) is 4.06. The Morgan fingerprint density at radius 1 is 1.17 bits per heavy atom. The molecule has 1 saturated heterocycles. The van der Waals surface area contributed by atoms with Crippen LogP contribution in [0.2, 0.25) is 0 Å². The van der Waals surface area contributed by atoms with E-state index in [9.17, 15) is 9.59 Å². The Bertz CT molecular complexity index is 740. The lowest BCUT2D eigenvalue weighted by Gasteiger charge is -2.21. The highest BCUT2D eigenvalue weighted by Gasteiger charge is 2.23. The van der Waals surface area contributed by atoms with Crippen LogP contribution in [0.25, 0.3) is 11.0 Å². The van der Waals surface area contributed by atoms with Crippen LogP contribution in [0.5, 0.6) is 0 Å². The van der Waals surface area contributed by atoms with Crippen molar-refractivity contribution in [1.82, 2.24) is 19.8 Å². The van der Waals surface area contributed by atoms with E-state index in [4.69, 9.17) is 4.74 Å². The van der Waals surface area contributed by atoms with Gasteiger partial charge < -0.3 is 19.5 Å². The number of hydrogen-bond donors (Lipinski definition) is 1. The van der Waals surface area contributed by atoms with Crippen molar-refractivity contribution in [3.05, 3.63) is 29.6 Å². The lowest BCUT2D eigenvalue weighted by molar-refractivity contribution is 0.0757. The maximum Gasteiger partial charge on any atom is 0.409 e. The number of nitrogens with zero attached hydrogens (tertiary/aromatic N) is 3. The van der Waals surface area contributed by atoms with Crippen LogP contribution in [0, 0.1) is 6.92 Å². The molecule has 1 fully saturated rings. The Hall–Kier alpha value is -2.57. The summed E-state index contributed by atoms with van der Waals surface area (Å²) in [5, 5.41) is 0. The van der Waals surface area contributed by atoms with Crippen LogP contribution in [-0.4, -0.2) is 65.1 Å². The largest absolute Gasteiger partial charge is 0.453 e. The maximum atomic E-state index is 12.7. The first-order valence-corrected chi connectivity index (χ1v) is 7.67. The van der Waals surface area contributed by atoms with E-state index >= 15 is 0 Å². The van der Waals surface area contributed by atoms with Gasteiger partial charge in [-0.1, -0.05) is 0 Å². The number of rotatable bonds is 1. The van der Waals surface area contributed by atoms with E-state index in [0.717, 1.165) is 23.3 Å². The first-order chi connectivity index (χ1) is 11.1. The molecular formula is C16H20N4O3. The predicted molar refractivity (Wildman–Crippen MR) is 85.3 cm³/mol. The number of carbonyl (C=O) groups is 2. The molecule has 0 saturated carbocycles. The van der Waals surface area contributed by atoms with E-state index in [1.165, 1.54) is 7.11 Å². The average molecular weight is 316 g/mol. The van der Waals surface area contributed by atoms with E-state index in [-0.39, 0.29) is 12.0 Å². The number of aromatic nitrogens is 2. The van der Waals surface area contributed by atoms with Gasteiger partial charge >= 0.3 is 6.09 Å². The van der Waals surface area contributed by atoms with Crippen molar-refractivity contribution in [1.29, 1.82) is 0 Å². The molecule has 0 unspecified atom stereocenters. The highest BCUT2D eigenvalue weighted by atomic mass is 16.5. The summed E-state index contributed by atoms with van der Waals surface area (Å²) < 4.78 is 4.75. The summed E-state index contributed by atoms with van der Waals surface area (Å²) in [7, 11) is 1.37. The molecule has 1 aromatic carbocycles. The summed E-state index contributed by atoms with van der Waals surface area (Å²) in [6.45, 7) is 4.12. The van der Waals surface area contributed by atoms with Gasteiger partial charge in [0.15, 0.2) is 0 Å². The first kappa shape index (κ1) is 15.3. The normalized spacial score (nSPS) is 15.6. The molecule has 7 heteroatoms. The summed E-state index contributed by atoms with van der Waals surface area (Å²) in [5.41, 5.74) is 2.35. The van der Waals surface area contributed by atoms with Gasteiger partial charge in [-0.15, -0.1) is 0 Å². The monoisotopic (exact) mass is 316 g/mol. The van der Waals surface area contributed by atoms with E-state index in [0.29, 0.717) is 31.7 Å². The second-order valence-corrected chi connectivity index (χ2v) is 5.66. The van der Waals surface area contributed by atoms with Crippen LogP contribution < -0.4 is 0 Å². The molecule has 7 nitrogen and oxygen atoms in total. The van der Waals surface area contributed by atoms with Crippen LogP contribution in [0.1, 0.15) is 22.6 Å². The van der Waals surface area contributed by atoms with Gasteiger partial charge in [-0.2, -0.15) is 0 Å². The van der Waals surface area contributed by atoms with Crippen LogP contribution in [0.15, 0.2) is 18.2 Å². The molecule has 0 radical (unpaired) electrons. The standard InChI is InChI=1S/C16H20N4O3/c1-11-17-13-5-4-12(10-14(13)18-11)15(21)19-6-3-7-20(9-8-19)16(22)23-2/h4-5,10H,3,6-9H2,1-2H3,(H,17,18). The van der Waals surface area contributed by atoms with Crippen molar-refractivity contribution < 1.29 is 14.3 Å². The molecule has 3 rings (SSSR count). The van der Waals surface area contributed by atoms with Gasteiger partial charge in [0.1, 0.15) is 5.82 Å². The van der Waals surface area contributed by atoms with E-state index in [1.54, 1.807) is 15.9 Å². The van der Waals surface area contributed by atoms with E-state index in [2.05, 4.69) is 9.97 Å². The van der Waals surface area contributed by atoms with Crippen LogP contribution >= 0.6 is 0 Å². The SMILES string of the molecule is COC(=O)N1CCCN(C(=O)c2ccc3nc(C)[nH]c3c2)CC1. The molecule has 2 aromatic rings. The molecule has 1 aromatic heterocycles. The molecule has 23 heavy (non-hydrogen) atoms. The molecule has 0 atom stereocenters. The third kappa shape index (κ3) is 3.13. The summed E-state index contributed by atoms with van der Waals surface area (Å²) >= 11 is 0. The quantitative estimate of drug-likeness (QED) is 0.870. The van der Waals surface area contributed by atoms with E-state index in [1.807, 2.05) is 19.1 Å². The number of nitrogens with one attached hydrogen (secondary N) is 1. The molecule has 122 valence electrons. The Labute approximate surface area is 134 Å². The minimum Gasteiger partial charge on any atom is -0.453 e. The van der Waals surface area contributed by atoms with Crippen molar-refractivity contribution in [2.45, 2.75) is 13.3 Å². The Balaban J connectivity index is 1.74. The number of imidazole rings is 1. The number of aryl methyl sites for hydroxylation is 1. The minimum absolute atomic E-state index is 0.0223. The third-order valence-corrected chi connectivity index (χ3v) is 4.06. The number of fused-ring (bicyclic) bond motifs is 1. The van der Waals surface area contributed by atoms with Gasteiger partial charge in [0.2, 0.25) is 0 Å². The highest BCUT2D eigenvalue weighted by Crippen LogP contribution is 2.16. The number of carbonyl (C=O) groups excluding carboxylic acids is 2. The maximum absolute atomic E-state index is 12.7. The summed E-state index contributed by atoms with van der Waals surface area (Å²) in [4.78, 5) is 35.2. The number of ether oxygens (including phenoxy) is 1. The molecule has 0 spiro atoms. The summed E-state index contributed by atoms with van der Waals surface area (Å²) in [5.74, 6) is 0.805.